The molecule has 7 nitrogen and oxygen atoms in total. The number of amides is 1. The quantitative estimate of drug-likeness (QED) is 0.484. The maximum absolute atomic E-state index is 11.3. The molecule has 1 rings (SSSR count). The molecule has 7 heteroatoms. The number of carbonyl (C=O) groups excluding carboxylic acids is 1. The fourth-order valence-corrected chi connectivity index (χ4v) is 1.88. The number of carboxylic acid groups (broad SMARTS) is 1. The van der Waals surface area contributed by atoms with Crippen LogP contribution in [0, 0.1) is 0 Å². The number of ether oxygens (including phenoxy) is 2. The zero-order valence-corrected chi connectivity index (χ0v) is 11.2. The van der Waals surface area contributed by atoms with Gasteiger partial charge in [0, 0.05) is 33.2 Å². The number of nitrogens with one attached hydrogen (secondary N) is 2. The number of hydrogen-bond donors (Lipinski definition) is 3. The first-order valence-corrected chi connectivity index (χ1v) is 6.48. The number of aliphatic carboxylic acids is 1. The molecule has 0 aromatic carbocycles. The number of rotatable bonds is 9. The number of carboxylic acids is 1. The highest BCUT2D eigenvalue weighted by Gasteiger charge is 2.29. The minimum atomic E-state index is -0.903. The van der Waals surface area contributed by atoms with E-state index in [4.69, 9.17) is 14.6 Å². The van der Waals surface area contributed by atoms with Crippen LogP contribution in [0.15, 0.2) is 0 Å². The zero-order chi connectivity index (χ0) is 14.1. The van der Waals surface area contributed by atoms with Gasteiger partial charge in [-0.3, -0.25) is 4.79 Å². The third kappa shape index (κ3) is 6.51. The van der Waals surface area contributed by atoms with Crippen LogP contribution in [0.2, 0.25) is 0 Å². The van der Waals surface area contributed by atoms with E-state index in [0.29, 0.717) is 39.1 Å². The van der Waals surface area contributed by atoms with Crippen LogP contribution in [0.4, 0.5) is 0 Å². The fourth-order valence-electron chi connectivity index (χ4n) is 1.88. The minimum Gasteiger partial charge on any atom is -0.479 e. The van der Waals surface area contributed by atoms with Crippen LogP contribution >= 0.6 is 0 Å². The first kappa shape index (κ1) is 15.9. The molecule has 0 aliphatic carbocycles. The highest BCUT2D eigenvalue weighted by molar-refractivity contribution is 5.76. The van der Waals surface area contributed by atoms with E-state index in [1.54, 1.807) is 7.11 Å². The summed E-state index contributed by atoms with van der Waals surface area (Å²) in [7, 11) is 1.58. The maximum atomic E-state index is 11.3. The first-order valence-electron chi connectivity index (χ1n) is 6.48. The van der Waals surface area contributed by atoms with Crippen LogP contribution in [-0.2, 0) is 19.1 Å². The second-order valence-corrected chi connectivity index (χ2v) is 4.46. The van der Waals surface area contributed by atoms with Gasteiger partial charge in [0.2, 0.25) is 5.91 Å². The molecule has 1 saturated heterocycles. The van der Waals surface area contributed by atoms with Gasteiger partial charge in [-0.25, -0.2) is 4.79 Å². The van der Waals surface area contributed by atoms with Crippen molar-refractivity contribution in [3.8, 4) is 0 Å². The van der Waals surface area contributed by atoms with Gasteiger partial charge in [-0.1, -0.05) is 0 Å². The Balaban J connectivity index is 1.99. The molecule has 2 unspecified atom stereocenters. The lowest BCUT2D eigenvalue weighted by Gasteiger charge is -2.12. The predicted molar refractivity (Wildman–Crippen MR) is 67.9 cm³/mol. The van der Waals surface area contributed by atoms with Crippen molar-refractivity contribution in [2.75, 3.05) is 33.4 Å². The average molecular weight is 274 g/mol. The van der Waals surface area contributed by atoms with E-state index in [0.717, 1.165) is 6.42 Å². The van der Waals surface area contributed by atoms with E-state index in [1.165, 1.54) is 0 Å². The Bertz CT molecular complexity index is 298. The van der Waals surface area contributed by atoms with Crippen LogP contribution < -0.4 is 10.6 Å². The Hall–Kier alpha value is -1.18. The number of methoxy groups -OCH3 is 1. The van der Waals surface area contributed by atoms with E-state index < -0.39 is 12.1 Å². The van der Waals surface area contributed by atoms with Gasteiger partial charge in [-0.2, -0.15) is 0 Å². The normalized spacial score (nSPS) is 22.4. The van der Waals surface area contributed by atoms with E-state index >= 15 is 0 Å². The highest BCUT2D eigenvalue weighted by Crippen LogP contribution is 2.18. The molecule has 0 aromatic rings. The summed E-state index contributed by atoms with van der Waals surface area (Å²) in [6.45, 7) is 2.15. The van der Waals surface area contributed by atoms with Crippen molar-refractivity contribution < 1.29 is 24.2 Å². The molecule has 1 aliphatic heterocycles. The third-order valence-electron chi connectivity index (χ3n) is 2.91. The van der Waals surface area contributed by atoms with Gasteiger partial charge < -0.3 is 25.2 Å². The predicted octanol–water partition coefficient (Wildman–Crippen LogP) is -0.639. The standard InChI is InChI=1S/C12H22N2O5/c1-18-7-6-14-11(15)4-5-13-8-9-2-3-10(19-9)12(16)17/h9-10,13H,2-8H2,1H3,(H,14,15)(H,16,17). The third-order valence-corrected chi connectivity index (χ3v) is 2.91. The molecule has 0 aromatic heterocycles. The summed E-state index contributed by atoms with van der Waals surface area (Å²) in [6.07, 6.45) is 0.934. The Morgan fingerprint density at radius 3 is 2.79 bits per heavy atom. The lowest BCUT2D eigenvalue weighted by Crippen LogP contribution is -2.33. The second kappa shape index (κ2) is 8.84. The molecule has 1 aliphatic rings. The summed E-state index contributed by atoms with van der Waals surface area (Å²) in [5.74, 6) is -0.930. The molecule has 1 heterocycles. The van der Waals surface area contributed by atoms with Gasteiger partial charge in [0.25, 0.3) is 0 Å². The van der Waals surface area contributed by atoms with Crippen LogP contribution in [0.25, 0.3) is 0 Å². The van der Waals surface area contributed by atoms with Gasteiger partial charge in [-0.15, -0.1) is 0 Å². The van der Waals surface area contributed by atoms with Crippen molar-refractivity contribution in [3.05, 3.63) is 0 Å². The number of hydrogen-bond acceptors (Lipinski definition) is 5. The van der Waals surface area contributed by atoms with E-state index in [2.05, 4.69) is 10.6 Å². The second-order valence-electron chi connectivity index (χ2n) is 4.46. The summed E-state index contributed by atoms with van der Waals surface area (Å²) < 4.78 is 10.2. The monoisotopic (exact) mass is 274 g/mol. The van der Waals surface area contributed by atoms with Crippen molar-refractivity contribution in [1.29, 1.82) is 0 Å². The van der Waals surface area contributed by atoms with Crippen LogP contribution in [0.1, 0.15) is 19.3 Å². The molecule has 0 bridgehead atoms. The summed E-state index contributed by atoms with van der Waals surface area (Å²) >= 11 is 0. The zero-order valence-electron chi connectivity index (χ0n) is 11.2. The van der Waals surface area contributed by atoms with Gasteiger partial charge >= 0.3 is 5.97 Å². The molecule has 110 valence electrons. The summed E-state index contributed by atoms with van der Waals surface area (Å²) in [5, 5.41) is 14.6. The fraction of sp³-hybridized carbons (Fsp3) is 0.833. The SMILES string of the molecule is COCCNC(=O)CCNCC1CCC(C(=O)O)O1. The van der Waals surface area contributed by atoms with Crippen LogP contribution in [0.3, 0.4) is 0 Å². The molecule has 0 spiro atoms. The lowest BCUT2D eigenvalue weighted by atomic mass is 10.2. The highest BCUT2D eigenvalue weighted by atomic mass is 16.5. The Morgan fingerprint density at radius 2 is 2.16 bits per heavy atom. The van der Waals surface area contributed by atoms with E-state index in [9.17, 15) is 9.59 Å². The Labute approximate surface area is 112 Å². The molecule has 19 heavy (non-hydrogen) atoms. The van der Waals surface area contributed by atoms with Crippen LogP contribution in [0.5, 0.6) is 0 Å². The summed E-state index contributed by atoms with van der Waals surface area (Å²) in [5.41, 5.74) is 0. The maximum Gasteiger partial charge on any atom is 0.332 e. The first-order chi connectivity index (χ1) is 9.13. The topological polar surface area (TPSA) is 96.9 Å². The lowest BCUT2D eigenvalue weighted by molar-refractivity contribution is -0.149. The van der Waals surface area contributed by atoms with Crippen molar-refractivity contribution >= 4 is 11.9 Å². The largest absolute Gasteiger partial charge is 0.479 e. The van der Waals surface area contributed by atoms with E-state index in [-0.39, 0.29) is 12.0 Å². The van der Waals surface area contributed by atoms with Crippen molar-refractivity contribution in [3.63, 3.8) is 0 Å². The summed E-state index contributed by atoms with van der Waals surface area (Å²) in [6, 6.07) is 0. The van der Waals surface area contributed by atoms with Gasteiger partial charge in [-0.05, 0) is 12.8 Å². The van der Waals surface area contributed by atoms with E-state index in [1.807, 2.05) is 0 Å². The molecule has 1 fully saturated rings. The minimum absolute atomic E-state index is 0.0275. The van der Waals surface area contributed by atoms with Crippen molar-refractivity contribution in [2.45, 2.75) is 31.5 Å². The molecule has 3 N–H and O–H groups in total. The van der Waals surface area contributed by atoms with Crippen LogP contribution in [-0.4, -0.2) is 62.5 Å². The smallest absolute Gasteiger partial charge is 0.332 e. The molecule has 0 radical (unpaired) electrons. The molecular weight excluding hydrogens is 252 g/mol. The Morgan fingerprint density at radius 1 is 1.37 bits per heavy atom. The summed E-state index contributed by atoms with van der Waals surface area (Å²) in [4.78, 5) is 22.0. The van der Waals surface area contributed by atoms with Gasteiger partial charge in [0.15, 0.2) is 6.10 Å². The molecule has 1 amide bonds. The molecular formula is C12H22N2O5. The Kier molecular flexibility index (Phi) is 7.39. The molecule has 2 atom stereocenters. The molecule has 0 saturated carbocycles. The van der Waals surface area contributed by atoms with Gasteiger partial charge in [0.05, 0.1) is 12.7 Å². The van der Waals surface area contributed by atoms with Gasteiger partial charge in [0.1, 0.15) is 0 Å². The van der Waals surface area contributed by atoms with Crippen molar-refractivity contribution in [2.24, 2.45) is 0 Å². The van der Waals surface area contributed by atoms with Crippen molar-refractivity contribution in [1.82, 2.24) is 10.6 Å². The average Bonchev–Trinajstić information content (AvgIpc) is 2.84. The number of carbonyl (C=O) groups is 2.